The molecule has 0 unspecified atom stereocenters. The monoisotopic (exact) mass is 337 g/mol. The Morgan fingerprint density at radius 1 is 1.37 bits per heavy atom. The van der Waals surface area contributed by atoms with Crippen molar-refractivity contribution in [2.24, 2.45) is 0 Å². The van der Waals surface area contributed by atoms with Crippen LogP contribution in [0.4, 0.5) is 0 Å². The van der Waals surface area contributed by atoms with Crippen molar-refractivity contribution in [3.63, 3.8) is 0 Å². The van der Waals surface area contributed by atoms with Gasteiger partial charge in [0, 0.05) is 12.2 Å². The number of aromatic nitrogens is 2. The van der Waals surface area contributed by atoms with E-state index < -0.39 is 0 Å². The number of aryl methyl sites for hydroxylation is 1. The highest BCUT2D eigenvalue weighted by Gasteiger charge is 2.18. The molecule has 0 bridgehead atoms. The highest BCUT2D eigenvalue weighted by Crippen LogP contribution is 2.30. The van der Waals surface area contributed by atoms with Crippen molar-refractivity contribution >= 4 is 27.3 Å². The quantitative estimate of drug-likeness (QED) is 0.930. The summed E-state index contributed by atoms with van der Waals surface area (Å²) in [6, 6.07) is 4.14. The van der Waals surface area contributed by atoms with Gasteiger partial charge in [0.25, 0.3) is 0 Å². The van der Waals surface area contributed by atoms with E-state index in [1.807, 2.05) is 0 Å². The van der Waals surface area contributed by atoms with Crippen molar-refractivity contribution in [3.8, 4) is 10.7 Å². The van der Waals surface area contributed by atoms with Crippen molar-refractivity contribution in [3.05, 3.63) is 32.9 Å². The van der Waals surface area contributed by atoms with Gasteiger partial charge in [-0.05, 0) is 53.0 Å². The summed E-state index contributed by atoms with van der Waals surface area (Å²) in [4.78, 5) is 10.7. The minimum absolute atomic E-state index is 0.869. The Morgan fingerprint density at radius 3 is 3.00 bits per heavy atom. The molecule has 3 heterocycles. The molecule has 2 aromatic heterocycles. The molecule has 2 aromatic rings. The third-order valence-corrected chi connectivity index (χ3v) is 4.92. The third kappa shape index (κ3) is 2.73. The number of halogens is 1. The van der Waals surface area contributed by atoms with Crippen LogP contribution in [0.5, 0.6) is 0 Å². The predicted molar refractivity (Wildman–Crippen MR) is 82.5 cm³/mol. The first-order chi connectivity index (χ1) is 9.28. The zero-order valence-electron chi connectivity index (χ0n) is 10.9. The molecule has 1 N–H and O–H groups in total. The molecule has 100 valence electrons. The van der Waals surface area contributed by atoms with E-state index >= 15 is 0 Å². The Balaban J connectivity index is 2.08. The molecule has 3 nitrogen and oxygen atoms in total. The zero-order chi connectivity index (χ0) is 13.2. The van der Waals surface area contributed by atoms with Crippen LogP contribution in [-0.4, -0.2) is 16.5 Å². The van der Waals surface area contributed by atoms with Gasteiger partial charge in [-0.1, -0.05) is 13.3 Å². The van der Waals surface area contributed by atoms with E-state index in [1.54, 1.807) is 11.3 Å². The average Bonchev–Trinajstić information content (AvgIpc) is 2.86. The van der Waals surface area contributed by atoms with E-state index in [9.17, 15) is 0 Å². The minimum Gasteiger partial charge on any atom is -0.311 e. The summed E-state index contributed by atoms with van der Waals surface area (Å²) < 4.78 is 1.12. The lowest BCUT2D eigenvalue weighted by Crippen LogP contribution is -2.26. The number of rotatable bonds is 3. The van der Waals surface area contributed by atoms with E-state index in [0.29, 0.717) is 0 Å². The minimum atomic E-state index is 0.869. The second-order valence-corrected chi connectivity index (χ2v) is 7.16. The molecule has 19 heavy (non-hydrogen) atoms. The molecule has 1 aliphatic rings. The first kappa shape index (κ1) is 13.2. The van der Waals surface area contributed by atoms with Crippen LogP contribution in [0.25, 0.3) is 10.7 Å². The number of fused-ring (bicyclic) bond motifs is 1. The maximum atomic E-state index is 4.81. The molecule has 0 amide bonds. The zero-order valence-corrected chi connectivity index (χ0v) is 13.3. The fraction of sp³-hybridized carbons (Fsp3) is 0.429. The topological polar surface area (TPSA) is 37.8 Å². The van der Waals surface area contributed by atoms with Crippen LogP contribution in [0, 0.1) is 0 Å². The molecule has 0 radical (unpaired) electrons. The lowest BCUT2D eigenvalue weighted by atomic mass is 10.0. The number of hydrogen-bond donors (Lipinski definition) is 1. The van der Waals surface area contributed by atoms with Gasteiger partial charge >= 0.3 is 0 Å². The molecule has 0 spiro atoms. The maximum Gasteiger partial charge on any atom is 0.170 e. The van der Waals surface area contributed by atoms with Gasteiger partial charge in [0.1, 0.15) is 0 Å². The first-order valence-corrected chi connectivity index (χ1v) is 8.24. The largest absolute Gasteiger partial charge is 0.311 e. The number of nitrogens with one attached hydrogen (secondary N) is 1. The fourth-order valence-electron chi connectivity index (χ4n) is 2.43. The molecule has 0 saturated heterocycles. The summed E-state index contributed by atoms with van der Waals surface area (Å²) in [5.41, 5.74) is 3.80. The Hall–Kier alpha value is -0.780. The predicted octanol–water partition coefficient (Wildman–Crippen LogP) is 3.57. The van der Waals surface area contributed by atoms with Crippen molar-refractivity contribution in [2.45, 2.75) is 32.7 Å². The number of hydrogen-bond acceptors (Lipinski definition) is 4. The van der Waals surface area contributed by atoms with Gasteiger partial charge in [-0.3, -0.25) is 0 Å². The van der Waals surface area contributed by atoms with Gasteiger partial charge in [-0.25, -0.2) is 9.97 Å². The summed E-state index contributed by atoms with van der Waals surface area (Å²) in [7, 11) is 0. The Morgan fingerprint density at radius 2 is 2.26 bits per heavy atom. The van der Waals surface area contributed by atoms with E-state index in [-0.39, 0.29) is 0 Å². The molecule has 1 aliphatic heterocycles. The molecular weight excluding hydrogens is 322 g/mol. The summed E-state index contributed by atoms with van der Waals surface area (Å²) in [5, 5.41) is 3.40. The molecule has 0 saturated carbocycles. The highest BCUT2D eigenvalue weighted by atomic mass is 79.9. The Kier molecular flexibility index (Phi) is 3.96. The van der Waals surface area contributed by atoms with E-state index in [4.69, 9.17) is 9.97 Å². The molecule has 3 rings (SSSR count). The van der Waals surface area contributed by atoms with Crippen LogP contribution in [-0.2, 0) is 19.4 Å². The second kappa shape index (κ2) is 5.69. The Labute approximate surface area is 125 Å². The third-order valence-electron chi connectivity index (χ3n) is 3.30. The summed E-state index contributed by atoms with van der Waals surface area (Å²) in [6.45, 7) is 4.11. The van der Waals surface area contributed by atoms with Crippen molar-refractivity contribution < 1.29 is 0 Å². The Bertz CT molecular complexity index is 594. The second-order valence-electron chi connectivity index (χ2n) is 4.70. The molecule has 0 fully saturated rings. The van der Waals surface area contributed by atoms with E-state index in [1.165, 1.54) is 17.0 Å². The summed E-state index contributed by atoms with van der Waals surface area (Å²) in [6.07, 6.45) is 3.23. The summed E-state index contributed by atoms with van der Waals surface area (Å²) >= 11 is 5.19. The molecule has 0 aromatic carbocycles. The molecule has 5 heteroatoms. The van der Waals surface area contributed by atoms with Crippen LogP contribution in [0.15, 0.2) is 15.9 Å². The van der Waals surface area contributed by atoms with Crippen molar-refractivity contribution in [1.29, 1.82) is 0 Å². The van der Waals surface area contributed by atoms with Crippen LogP contribution < -0.4 is 5.32 Å². The van der Waals surface area contributed by atoms with E-state index in [0.717, 1.165) is 46.8 Å². The van der Waals surface area contributed by atoms with Gasteiger partial charge in [0.15, 0.2) is 5.82 Å². The smallest absolute Gasteiger partial charge is 0.170 e. The fourth-order valence-corrected chi connectivity index (χ4v) is 3.75. The first-order valence-electron chi connectivity index (χ1n) is 6.63. The van der Waals surface area contributed by atoms with Crippen LogP contribution in [0.3, 0.4) is 0 Å². The van der Waals surface area contributed by atoms with Gasteiger partial charge in [0.05, 0.1) is 14.4 Å². The normalized spacial score (nSPS) is 14.4. The van der Waals surface area contributed by atoms with Crippen LogP contribution in [0.2, 0.25) is 0 Å². The highest BCUT2D eigenvalue weighted by molar-refractivity contribution is 9.11. The molecule has 0 aliphatic carbocycles. The average molecular weight is 338 g/mol. The maximum absolute atomic E-state index is 4.81. The van der Waals surface area contributed by atoms with Crippen LogP contribution in [0.1, 0.15) is 30.3 Å². The molecule has 0 atom stereocenters. The van der Waals surface area contributed by atoms with Crippen molar-refractivity contribution in [1.82, 2.24) is 15.3 Å². The standard InChI is InChI=1S/C14H16BrN3S/c1-2-3-10-9-6-7-16-8-11(9)18-14(17-10)12-4-5-13(15)19-12/h4-5,16H,2-3,6-8H2,1H3. The lowest BCUT2D eigenvalue weighted by Gasteiger charge is -2.19. The SMILES string of the molecule is CCCc1nc(-c2ccc(Br)s2)nc2c1CCNC2. The lowest BCUT2D eigenvalue weighted by molar-refractivity contribution is 0.614. The van der Waals surface area contributed by atoms with E-state index in [2.05, 4.69) is 40.3 Å². The van der Waals surface area contributed by atoms with Gasteiger partial charge in [-0.15, -0.1) is 11.3 Å². The number of thiophene rings is 1. The van der Waals surface area contributed by atoms with Gasteiger partial charge in [-0.2, -0.15) is 0 Å². The molecular formula is C14H16BrN3S. The van der Waals surface area contributed by atoms with Crippen LogP contribution >= 0.6 is 27.3 Å². The van der Waals surface area contributed by atoms with Crippen molar-refractivity contribution in [2.75, 3.05) is 6.54 Å². The summed E-state index contributed by atoms with van der Waals surface area (Å²) in [5.74, 6) is 0.876. The number of nitrogens with zero attached hydrogens (tertiary/aromatic N) is 2. The van der Waals surface area contributed by atoms with Gasteiger partial charge in [0.2, 0.25) is 0 Å². The van der Waals surface area contributed by atoms with Gasteiger partial charge < -0.3 is 5.32 Å².